The molecular weight excluding hydrogens is 296 g/mol. The summed E-state index contributed by atoms with van der Waals surface area (Å²) in [5, 5.41) is 9.07. The number of furan rings is 1. The van der Waals surface area contributed by atoms with Gasteiger partial charge >= 0.3 is 0 Å². The van der Waals surface area contributed by atoms with E-state index in [4.69, 9.17) is 14.3 Å². The number of fused-ring (bicyclic) bond motifs is 1. The zero-order chi connectivity index (χ0) is 16.6. The summed E-state index contributed by atoms with van der Waals surface area (Å²) < 4.78 is 11.1. The van der Waals surface area contributed by atoms with E-state index in [0.717, 1.165) is 25.9 Å². The number of likely N-dealkylation sites (tertiary alicyclic amines) is 1. The average Bonchev–Trinajstić information content (AvgIpc) is 3.18. The average molecular weight is 322 g/mol. The van der Waals surface area contributed by atoms with Gasteiger partial charge in [-0.1, -0.05) is 0 Å². The Balaban J connectivity index is 1.69. The number of nitrogens with zero attached hydrogens (tertiary/aromatic N) is 2. The molecule has 0 radical (unpaired) electrons. The summed E-state index contributed by atoms with van der Waals surface area (Å²) in [6.45, 7) is 1.36. The molecule has 6 heteroatoms. The van der Waals surface area contributed by atoms with E-state index in [1.165, 1.54) is 0 Å². The normalized spacial score (nSPS) is 30.7. The van der Waals surface area contributed by atoms with Gasteiger partial charge in [-0.15, -0.1) is 0 Å². The monoisotopic (exact) mass is 322 g/mol. The second kappa shape index (κ2) is 6.63. The van der Waals surface area contributed by atoms with Crippen molar-refractivity contribution in [3.05, 3.63) is 23.7 Å². The Morgan fingerprint density at radius 2 is 2.04 bits per heavy atom. The van der Waals surface area contributed by atoms with Crippen molar-refractivity contribution >= 4 is 5.91 Å². The van der Waals surface area contributed by atoms with Crippen LogP contribution in [0.1, 0.15) is 29.2 Å². The SMILES string of the molecule is CO[C@@H]1C[C@H]2CN(C(=O)c3ccc(CO)o3)C[C@H]2C[C@H]1N(C)C. The first-order chi connectivity index (χ1) is 11.0. The number of likely N-dealkylation sites (N-methyl/N-ethyl adjacent to an activating group) is 1. The standard InChI is InChI=1S/C17H26N2O4/c1-18(2)14-6-11-8-19(9-12(11)7-16(14)22-3)17(21)15-5-4-13(10-20)23-15/h4-5,11-12,14,16,20H,6-10H2,1-3H3/t11-,12+,14-,16-/m1/s1. The predicted molar refractivity (Wildman–Crippen MR) is 85.0 cm³/mol. The molecule has 2 fully saturated rings. The summed E-state index contributed by atoms with van der Waals surface area (Å²) in [4.78, 5) is 16.7. The maximum atomic E-state index is 12.6. The molecule has 2 heterocycles. The van der Waals surface area contributed by atoms with Gasteiger partial charge in [-0.25, -0.2) is 0 Å². The van der Waals surface area contributed by atoms with Gasteiger partial charge in [0.25, 0.3) is 5.91 Å². The molecule has 1 aliphatic carbocycles. The molecule has 1 aromatic heterocycles. The highest BCUT2D eigenvalue weighted by Gasteiger charge is 2.44. The van der Waals surface area contributed by atoms with Gasteiger partial charge in [0.2, 0.25) is 0 Å². The Morgan fingerprint density at radius 1 is 1.35 bits per heavy atom. The summed E-state index contributed by atoms with van der Waals surface area (Å²) in [6, 6.07) is 3.71. The van der Waals surface area contributed by atoms with E-state index in [0.29, 0.717) is 29.4 Å². The summed E-state index contributed by atoms with van der Waals surface area (Å²) >= 11 is 0. The lowest BCUT2D eigenvalue weighted by Crippen LogP contribution is -2.47. The Hall–Kier alpha value is -1.37. The summed E-state index contributed by atoms with van der Waals surface area (Å²) in [5.74, 6) is 1.68. The third-order valence-electron chi connectivity index (χ3n) is 5.37. The number of hydrogen-bond acceptors (Lipinski definition) is 5. The molecule has 6 nitrogen and oxygen atoms in total. The molecule has 2 aliphatic rings. The van der Waals surface area contributed by atoms with Crippen molar-refractivity contribution in [1.29, 1.82) is 0 Å². The number of ether oxygens (including phenoxy) is 1. The van der Waals surface area contributed by atoms with E-state index in [1.807, 2.05) is 4.90 Å². The topological polar surface area (TPSA) is 66.1 Å². The number of aliphatic hydroxyl groups is 1. The molecule has 4 atom stereocenters. The minimum atomic E-state index is -0.182. The molecule has 1 amide bonds. The maximum Gasteiger partial charge on any atom is 0.289 e. The van der Waals surface area contributed by atoms with Crippen LogP contribution in [0, 0.1) is 11.8 Å². The molecule has 1 aliphatic heterocycles. The van der Waals surface area contributed by atoms with Gasteiger partial charge in [-0.2, -0.15) is 0 Å². The molecule has 1 N–H and O–H groups in total. The Morgan fingerprint density at radius 3 is 2.61 bits per heavy atom. The molecule has 128 valence electrons. The minimum absolute atomic E-state index is 0.0746. The Bertz CT molecular complexity index is 557. The highest BCUT2D eigenvalue weighted by atomic mass is 16.5. The quantitative estimate of drug-likeness (QED) is 0.902. The number of carbonyl (C=O) groups excluding carboxylic acids is 1. The number of hydrogen-bond donors (Lipinski definition) is 1. The van der Waals surface area contributed by atoms with Gasteiger partial charge in [0.15, 0.2) is 5.76 Å². The van der Waals surface area contributed by atoms with Gasteiger partial charge in [0.05, 0.1) is 6.10 Å². The van der Waals surface area contributed by atoms with Crippen LogP contribution < -0.4 is 0 Å². The molecule has 0 bridgehead atoms. The lowest BCUT2D eigenvalue weighted by molar-refractivity contribution is -0.0209. The van der Waals surface area contributed by atoms with Crippen molar-refractivity contribution in [3.63, 3.8) is 0 Å². The van der Waals surface area contributed by atoms with Crippen LogP contribution in [0.2, 0.25) is 0 Å². The van der Waals surface area contributed by atoms with Crippen LogP contribution in [0.3, 0.4) is 0 Å². The van der Waals surface area contributed by atoms with E-state index in [2.05, 4.69) is 19.0 Å². The van der Waals surface area contributed by atoms with Gasteiger partial charge in [0.1, 0.15) is 12.4 Å². The summed E-state index contributed by atoms with van der Waals surface area (Å²) in [6.07, 6.45) is 2.28. The van der Waals surface area contributed by atoms with Gasteiger partial charge in [-0.05, 0) is 50.9 Å². The zero-order valence-corrected chi connectivity index (χ0v) is 14.1. The van der Waals surface area contributed by atoms with Crippen LogP contribution in [0.5, 0.6) is 0 Å². The third kappa shape index (κ3) is 3.16. The van der Waals surface area contributed by atoms with E-state index < -0.39 is 0 Å². The largest absolute Gasteiger partial charge is 0.453 e. The first-order valence-corrected chi connectivity index (χ1v) is 8.21. The van der Waals surface area contributed by atoms with Crippen LogP contribution in [0.25, 0.3) is 0 Å². The molecule has 0 aromatic carbocycles. The van der Waals surface area contributed by atoms with E-state index in [-0.39, 0.29) is 18.6 Å². The molecule has 0 spiro atoms. The van der Waals surface area contributed by atoms with Crippen LogP contribution >= 0.6 is 0 Å². The van der Waals surface area contributed by atoms with E-state index >= 15 is 0 Å². The smallest absolute Gasteiger partial charge is 0.289 e. The second-order valence-electron chi connectivity index (χ2n) is 6.93. The van der Waals surface area contributed by atoms with Crippen LogP contribution in [-0.2, 0) is 11.3 Å². The Labute approximate surface area is 137 Å². The van der Waals surface area contributed by atoms with Gasteiger partial charge < -0.3 is 24.1 Å². The molecule has 1 aromatic rings. The maximum absolute atomic E-state index is 12.6. The van der Waals surface area contributed by atoms with Crippen molar-refractivity contribution in [1.82, 2.24) is 9.80 Å². The highest BCUT2D eigenvalue weighted by molar-refractivity contribution is 5.91. The third-order valence-corrected chi connectivity index (χ3v) is 5.37. The fourth-order valence-corrected chi connectivity index (χ4v) is 4.09. The fraction of sp³-hybridized carbons (Fsp3) is 0.706. The summed E-state index contributed by atoms with van der Waals surface area (Å²) in [5.41, 5.74) is 0. The van der Waals surface area contributed by atoms with Crippen molar-refractivity contribution in [2.45, 2.75) is 31.6 Å². The molecule has 0 unspecified atom stereocenters. The number of rotatable bonds is 4. The zero-order valence-electron chi connectivity index (χ0n) is 14.1. The lowest BCUT2D eigenvalue weighted by atomic mass is 9.77. The molecular formula is C17H26N2O4. The number of aliphatic hydroxyl groups excluding tert-OH is 1. The second-order valence-corrected chi connectivity index (χ2v) is 6.93. The molecule has 23 heavy (non-hydrogen) atoms. The number of carbonyl (C=O) groups is 1. The first kappa shape index (κ1) is 16.5. The molecule has 3 rings (SSSR count). The molecule has 1 saturated carbocycles. The van der Waals surface area contributed by atoms with Crippen LogP contribution in [-0.4, -0.2) is 67.3 Å². The number of amides is 1. The van der Waals surface area contributed by atoms with E-state index in [1.54, 1.807) is 19.2 Å². The van der Waals surface area contributed by atoms with Crippen molar-refractivity contribution in [2.75, 3.05) is 34.3 Å². The predicted octanol–water partition coefficient (Wildman–Crippen LogP) is 1.20. The van der Waals surface area contributed by atoms with Gasteiger partial charge in [0, 0.05) is 26.2 Å². The van der Waals surface area contributed by atoms with E-state index in [9.17, 15) is 4.79 Å². The fourth-order valence-electron chi connectivity index (χ4n) is 4.09. The van der Waals surface area contributed by atoms with Crippen molar-refractivity contribution < 1.29 is 19.1 Å². The first-order valence-electron chi connectivity index (χ1n) is 8.21. The summed E-state index contributed by atoms with van der Waals surface area (Å²) in [7, 11) is 5.96. The van der Waals surface area contributed by atoms with Crippen molar-refractivity contribution in [2.24, 2.45) is 11.8 Å². The highest BCUT2D eigenvalue weighted by Crippen LogP contribution is 2.39. The minimum Gasteiger partial charge on any atom is -0.453 e. The van der Waals surface area contributed by atoms with Crippen LogP contribution in [0.15, 0.2) is 16.5 Å². The van der Waals surface area contributed by atoms with Gasteiger partial charge in [-0.3, -0.25) is 4.79 Å². The lowest BCUT2D eigenvalue weighted by Gasteiger charge is -2.40. The number of methoxy groups -OCH3 is 1. The van der Waals surface area contributed by atoms with Crippen molar-refractivity contribution in [3.8, 4) is 0 Å². The molecule has 1 saturated heterocycles. The van der Waals surface area contributed by atoms with Crippen LogP contribution in [0.4, 0.5) is 0 Å². The Kier molecular flexibility index (Phi) is 4.75.